The van der Waals surface area contributed by atoms with Gasteiger partial charge in [-0.3, -0.25) is 4.79 Å². The van der Waals surface area contributed by atoms with Gasteiger partial charge in [-0.05, 0) is 43.0 Å². The zero-order chi connectivity index (χ0) is 12.3. The fourth-order valence-corrected chi connectivity index (χ4v) is 2.07. The molecule has 0 aromatic heterocycles. The van der Waals surface area contributed by atoms with Gasteiger partial charge in [-0.15, -0.1) is 0 Å². The molecule has 17 heavy (non-hydrogen) atoms. The summed E-state index contributed by atoms with van der Waals surface area (Å²) in [5, 5.41) is 4.02. The Bertz CT molecular complexity index is 466. The van der Waals surface area contributed by atoms with Crippen molar-refractivity contribution in [3.8, 4) is 5.75 Å². The lowest BCUT2D eigenvalue weighted by Crippen LogP contribution is -2.13. The number of carbonyl (C=O) groups excluding carboxylic acids is 1. The summed E-state index contributed by atoms with van der Waals surface area (Å²) < 4.78 is 5.07. The normalized spacial score (nSPS) is 16.5. The summed E-state index contributed by atoms with van der Waals surface area (Å²) in [4.78, 5) is 15.7. The molecule has 1 aromatic carbocycles. The second kappa shape index (κ2) is 4.99. The van der Waals surface area contributed by atoms with Crippen LogP contribution in [-0.4, -0.2) is 18.8 Å². The van der Waals surface area contributed by atoms with E-state index in [4.69, 9.17) is 9.57 Å². The quantitative estimate of drug-likeness (QED) is 0.447. The van der Waals surface area contributed by atoms with Gasteiger partial charge in [0.2, 0.25) is 0 Å². The minimum absolute atomic E-state index is 0.299. The number of esters is 1. The maximum atomic E-state index is 10.9. The smallest absolute Gasteiger partial charge is 0.308 e. The molecule has 2 rings (SSSR count). The molecule has 0 atom stereocenters. The van der Waals surface area contributed by atoms with Crippen molar-refractivity contribution in [3.63, 3.8) is 0 Å². The van der Waals surface area contributed by atoms with Crippen LogP contribution in [0, 0.1) is 0 Å². The molecule has 4 heteroatoms. The Morgan fingerprint density at radius 1 is 1.35 bits per heavy atom. The van der Waals surface area contributed by atoms with Crippen molar-refractivity contribution in [2.75, 3.05) is 7.11 Å². The van der Waals surface area contributed by atoms with E-state index in [0.29, 0.717) is 5.75 Å². The minimum Gasteiger partial charge on any atom is -0.427 e. The lowest BCUT2D eigenvalue weighted by molar-refractivity contribution is -0.131. The lowest BCUT2D eigenvalue weighted by Gasteiger charge is -2.17. The summed E-state index contributed by atoms with van der Waals surface area (Å²) >= 11 is 0. The number of benzene rings is 1. The van der Waals surface area contributed by atoms with Crippen molar-refractivity contribution >= 4 is 11.7 Å². The van der Waals surface area contributed by atoms with E-state index in [2.05, 4.69) is 5.16 Å². The molecular weight excluding hydrogens is 218 g/mol. The third kappa shape index (κ3) is 2.64. The average Bonchev–Trinajstić information content (AvgIpc) is 2.28. The van der Waals surface area contributed by atoms with Gasteiger partial charge in [-0.25, -0.2) is 0 Å². The summed E-state index contributed by atoms with van der Waals surface area (Å²) in [6, 6.07) is 5.63. The van der Waals surface area contributed by atoms with E-state index in [-0.39, 0.29) is 5.97 Å². The number of aryl methyl sites for hydroxylation is 1. The molecule has 0 fully saturated rings. The molecule has 0 bridgehead atoms. The molecule has 0 saturated carbocycles. The predicted octanol–water partition coefficient (Wildman–Crippen LogP) is 2.30. The van der Waals surface area contributed by atoms with Gasteiger partial charge in [0.05, 0.1) is 5.71 Å². The van der Waals surface area contributed by atoms with Crippen LogP contribution in [0.2, 0.25) is 0 Å². The number of carbonyl (C=O) groups is 1. The van der Waals surface area contributed by atoms with E-state index in [0.717, 1.165) is 36.1 Å². The Hall–Kier alpha value is -1.84. The average molecular weight is 233 g/mol. The summed E-state index contributed by atoms with van der Waals surface area (Å²) in [6.07, 6.45) is 2.94. The summed E-state index contributed by atoms with van der Waals surface area (Å²) in [5.41, 5.74) is 3.21. The van der Waals surface area contributed by atoms with Gasteiger partial charge >= 0.3 is 5.97 Å². The van der Waals surface area contributed by atoms with E-state index in [1.54, 1.807) is 13.2 Å². The Kier molecular flexibility index (Phi) is 3.42. The highest BCUT2D eigenvalue weighted by molar-refractivity contribution is 6.02. The van der Waals surface area contributed by atoms with Crippen LogP contribution in [0.15, 0.2) is 23.4 Å². The van der Waals surface area contributed by atoms with Crippen LogP contribution in [0.5, 0.6) is 5.75 Å². The van der Waals surface area contributed by atoms with E-state index < -0.39 is 0 Å². The van der Waals surface area contributed by atoms with Gasteiger partial charge in [0, 0.05) is 12.5 Å². The van der Waals surface area contributed by atoms with Crippen molar-refractivity contribution in [3.05, 3.63) is 29.3 Å². The van der Waals surface area contributed by atoms with E-state index in [1.165, 1.54) is 6.92 Å². The molecule has 1 aliphatic carbocycles. The maximum absolute atomic E-state index is 10.9. The van der Waals surface area contributed by atoms with Crippen LogP contribution in [0.25, 0.3) is 0 Å². The van der Waals surface area contributed by atoms with Crippen molar-refractivity contribution < 1.29 is 14.4 Å². The van der Waals surface area contributed by atoms with Gasteiger partial charge in [0.15, 0.2) is 0 Å². The number of hydrogen-bond donors (Lipinski definition) is 0. The zero-order valence-electron chi connectivity index (χ0n) is 10.0. The Balaban J connectivity index is 2.33. The summed E-state index contributed by atoms with van der Waals surface area (Å²) in [7, 11) is 1.55. The monoisotopic (exact) mass is 233 g/mol. The van der Waals surface area contributed by atoms with Crippen LogP contribution in [0.3, 0.4) is 0 Å². The molecule has 0 radical (unpaired) electrons. The second-order valence-corrected chi connectivity index (χ2v) is 3.99. The van der Waals surface area contributed by atoms with Crippen LogP contribution in [-0.2, 0) is 16.1 Å². The van der Waals surface area contributed by atoms with Gasteiger partial charge in [0.25, 0.3) is 0 Å². The molecule has 0 amide bonds. The van der Waals surface area contributed by atoms with Crippen LogP contribution >= 0.6 is 0 Å². The topological polar surface area (TPSA) is 47.9 Å². The van der Waals surface area contributed by atoms with E-state index >= 15 is 0 Å². The third-order valence-electron chi connectivity index (χ3n) is 2.71. The first-order valence-electron chi connectivity index (χ1n) is 5.62. The van der Waals surface area contributed by atoms with Gasteiger partial charge in [-0.1, -0.05) is 5.16 Å². The molecule has 0 heterocycles. The van der Waals surface area contributed by atoms with Crippen molar-refractivity contribution in [1.29, 1.82) is 0 Å². The largest absolute Gasteiger partial charge is 0.427 e. The molecule has 1 aromatic rings. The van der Waals surface area contributed by atoms with Gasteiger partial charge in [0.1, 0.15) is 12.9 Å². The highest BCUT2D eigenvalue weighted by Gasteiger charge is 2.17. The van der Waals surface area contributed by atoms with E-state index in [1.807, 2.05) is 12.1 Å². The Labute approximate surface area is 100 Å². The molecule has 0 spiro atoms. The number of nitrogens with zero attached hydrogens (tertiary/aromatic N) is 1. The molecule has 0 N–H and O–H groups in total. The van der Waals surface area contributed by atoms with E-state index in [9.17, 15) is 4.79 Å². The number of fused-ring (bicyclic) bond motifs is 1. The number of oxime groups is 1. The fourth-order valence-electron chi connectivity index (χ4n) is 2.07. The Morgan fingerprint density at radius 3 is 2.88 bits per heavy atom. The van der Waals surface area contributed by atoms with Crippen molar-refractivity contribution in [2.45, 2.75) is 26.2 Å². The summed E-state index contributed by atoms with van der Waals surface area (Å²) in [6.45, 7) is 1.40. The molecule has 1 aliphatic rings. The van der Waals surface area contributed by atoms with Crippen LogP contribution in [0.4, 0.5) is 0 Å². The minimum atomic E-state index is -0.299. The van der Waals surface area contributed by atoms with Crippen molar-refractivity contribution in [2.24, 2.45) is 5.16 Å². The SMILES string of the molecule is CO/N=C1\CCCc2cc(OC(C)=O)ccc21. The molecule has 0 aliphatic heterocycles. The Morgan fingerprint density at radius 2 is 2.18 bits per heavy atom. The first kappa shape index (κ1) is 11.6. The predicted molar refractivity (Wildman–Crippen MR) is 64.2 cm³/mol. The first-order chi connectivity index (χ1) is 8.20. The number of ether oxygens (including phenoxy) is 1. The number of rotatable bonds is 2. The molecule has 90 valence electrons. The maximum Gasteiger partial charge on any atom is 0.308 e. The highest BCUT2D eigenvalue weighted by atomic mass is 16.6. The molecule has 4 nitrogen and oxygen atoms in total. The van der Waals surface area contributed by atoms with Gasteiger partial charge in [-0.2, -0.15) is 0 Å². The van der Waals surface area contributed by atoms with Crippen molar-refractivity contribution in [1.82, 2.24) is 0 Å². The fraction of sp³-hybridized carbons (Fsp3) is 0.385. The highest BCUT2D eigenvalue weighted by Crippen LogP contribution is 2.26. The van der Waals surface area contributed by atoms with Crippen LogP contribution in [0.1, 0.15) is 30.9 Å². The molecular formula is C13H15NO3. The zero-order valence-corrected chi connectivity index (χ0v) is 10.0. The van der Waals surface area contributed by atoms with Crippen LogP contribution < -0.4 is 4.74 Å². The van der Waals surface area contributed by atoms with Gasteiger partial charge < -0.3 is 9.57 Å². The third-order valence-corrected chi connectivity index (χ3v) is 2.71. The lowest BCUT2D eigenvalue weighted by atomic mass is 9.90. The second-order valence-electron chi connectivity index (χ2n) is 3.99. The first-order valence-corrected chi connectivity index (χ1v) is 5.62. The standard InChI is InChI=1S/C13H15NO3/c1-9(15)17-11-6-7-12-10(8-11)4-3-5-13(12)14-16-2/h6-8H,3-5H2,1-2H3/b14-13+. The number of hydrogen-bond acceptors (Lipinski definition) is 4. The molecule has 0 saturated heterocycles. The summed E-state index contributed by atoms with van der Waals surface area (Å²) in [5.74, 6) is 0.293. The molecule has 0 unspecified atom stereocenters.